The highest BCUT2D eigenvalue weighted by atomic mass is 16.2. The lowest BCUT2D eigenvalue weighted by molar-refractivity contribution is -0.136. The molecule has 2 unspecified atom stereocenters. The molecule has 98 valence electrons. The van der Waals surface area contributed by atoms with E-state index in [1.54, 1.807) is 12.4 Å². The van der Waals surface area contributed by atoms with Crippen molar-refractivity contribution >= 4 is 5.91 Å². The van der Waals surface area contributed by atoms with E-state index in [2.05, 4.69) is 4.98 Å². The summed E-state index contributed by atoms with van der Waals surface area (Å²) >= 11 is 0. The third-order valence-corrected chi connectivity index (χ3v) is 3.75. The van der Waals surface area contributed by atoms with Gasteiger partial charge in [-0.2, -0.15) is 0 Å². The van der Waals surface area contributed by atoms with Gasteiger partial charge in [0.15, 0.2) is 0 Å². The molecule has 2 N–H and O–H groups in total. The molecule has 4 heteroatoms. The molecule has 0 saturated carbocycles. The lowest BCUT2D eigenvalue weighted by Gasteiger charge is -2.28. The van der Waals surface area contributed by atoms with E-state index in [1.165, 1.54) is 5.56 Å². The minimum atomic E-state index is -0.0348. The zero-order valence-corrected chi connectivity index (χ0v) is 10.9. The molecule has 1 amide bonds. The van der Waals surface area contributed by atoms with Gasteiger partial charge in [0.1, 0.15) is 0 Å². The van der Waals surface area contributed by atoms with E-state index in [4.69, 9.17) is 5.73 Å². The highest BCUT2D eigenvalue weighted by Crippen LogP contribution is 2.32. The smallest absolute Gasteiger partial charge is 0.227 e. The molecule has 1 fully saturated rings. The van der Waals surface area contributed by atoms with Crippen LogP contribution >= 0.6 is 0 Å². The zero-order valence-electron chi connectivity index (χ0n) is 10.9. The number of likely N-dealkylation sites (tertiary alicyclic amines) is 1. The molecule has 4 nitrogen and oxygen atoms in total. The Morgan fingerprint density at radius 3 is 2.89 bits per heavy atom. The fourth-order valence-electron chi connectivity index (χ4n) is 2.64. The molecule has 2 atom stereocenters. The minimum absolute atomic E-state index is 0.0348. The lowest BCUT2D eigenvalue weighted by Crippen LogP contribution is -2.38. The van der Waals surface area contributed by atoms with E-state index < -0.39 is 0 Å². The number of hydrogen-bond donors (Lipinski definition) is 1. The summed E-state index contributed by atoms with van der Waals surface area (Å²) in [5, 5.41) is 0. The van der Waals surface area contributed by atoms with Gasteiger partial charge in [-0.15, -0.1) is 0 Å². The highest BCUT2D eigenvalue weighted by Gasteiger charge is 2.32. The molecular weight excluding hydrogens is 226 g/mol. The maximum absolute atomic E-state index is 12.4. The summed E-state index contributed by atoms with van der Waals surface area (Å²) in [4.78, 5) is 18.4. The van der Waals surface area contributed by atoms with Crippen LogP contribution in [0, 0.1) is 5.92 Å². The first-order chi connectivity index (χ1) is 8.77. The van der Waals surface area contributed by atoms with E-state index >= 15 is 0 Å². The second kappa shape index (κ2) is 5.96. The molecular formula is C14H21N3O. The monoisotopic (exact) mass is 247 g/mol. The van der Waals surface area contributed by atoms with E-state index in [-0.39, 0.29) is 17.9 Å². The van der Waals surface area contributed by atoms with Gasteiger partial charge < -0.3 is 10.6 Å². The van der Waals surface area contributed by atoms with Crippen LogP contribution < -0.4 is 5.73 Å². The summed E-state index contributed by atoms with van der Waals surface area (Å²) in [6.45, 7) is 3.31. The second-order valence-electron chi connectivity index (χ2n) is 4.81. The molecule has 2 heterocycles. The summed E-state index contributed by atoms with van der Waals surface area (Å²) < 4.78 is 0. The fourth-order valence-corrected chi connectivity index (χ4v) is 2.64. The van der Waals surface area contributed by atoms with E-state index in [1.807, 2.05) is 24.0 Å². The molecule has 1 aliphatic heterocycles. The van der Waals surface area contributed by atoms with Crippen molar-refractivity contribution in [3.05, 3.63) is 30.1 Å². The predicted octanol–water partition coefficient (Wildman–Crippen LogP) is 1.73. The third-order valence-electron chi connectivity index (χ3n) is 3.75. The zero-order chi connectivity index (χ0) is 13.0. The van der Waals surface area contributed by atoms with Gasteiger partial charge in [-0.3, -0.25) is 9.78 Å². The molecule has 2 rings (SSSR count). The Hall–Kier alpha value is -1.42. The third kappa shape index (κ3) is 2.53. The number of rotatable bonds is 4. The first-order valence-electron chi connectivity index (χ1n) is 6.68. The minimum Gasteiger partial charge on any atom is -0.335 e. The van der Waals surface area contributed by atoms with Crippen LogP contribution in [0.2, 0.25) is 0 Å². The van der Waals surface area contributed by atoms with Gasteiger partial charge in [-0.05, 0) is 37.0 Å². The van der Waals surface area contributed by atoms with Gasteiger partial charge in [0.2, 0.25) is 5.91 Å². The standard InChI is InChI=1S/C14H21N3O/c1-2-11(10-15)14(18)17-9-3-4-13(17)12-5-7-16-8-6-12/h5-8,11,13H,2-4,9-10,15H2,1H3. The molecule has 0 bridgehead atoms. The van der Waals surface area contributed by atoms with Crippen molar-refractivity contribution in [2.45, 2.75) is 32.2 Å². The summed E-state index contributed by atoms with van der Waals surface area (Å²) in [7, 11) is 0. The van der Waals surface area contributed by atoms with Crippen LogP contribution in [0.1, 0.15) is 37.8 Å². The topological polar surface area (TPSA) is 59.2 Å². The number of nitrogens with zero attached hydrogens (tertiary/aromatic N) is 2. The van der Waals surface area contributed by atoms with Crippen LogP contribution in [0.3, 0.4) is 0 Å². The molecule has 0 spiro atoms. The maximum Gasteiger partial charge on any atom is 0.227 e. The number of aromatic nitrogens is 1. The number of hydrogen-bond acceptors (Lipinski definition) is 3. The van der Waals surface area contributed by atoms with Crippen LogP contribution in [0.5, 0.6) is 0 Å². The van der Waals surface area contributed by atoms with Gasteiger partial charge >= 0.3 is 0 Å². The lowest BCUT2D eigenvalue weighted by atomic mass is 10.0. The Labute approximate surface area is 108 Å². The Balaban J connectivity index is 2.15. The van der Waals surface area contributed by atoms with Crippen molar-refractivity contribution in [3.63, 3.8) is 0 Å². The number of amides is 1. The van der Waals surface area contributed by atoms with E-state index in [9.17, 15) is 4.79 Å². The van der Waals surface area contributed by atoms with Gasteiger partial charge in [0.05, 0.1) is 12.0 Å². The van der Waals surface area contributed by atoms with Crippen LogP contribution in [-0.4, -0.2) is 28.9 Å². The summed E-state index contributed by atoms with van der Waals surface area (Å²) in [5.74, 6) is 0.173. The molecule has 0 aliphatic carbocycles. The van der Waals surface area contributed by atoms with Gasteiger partial charge in [0.25, 0.3) is 0 Å². The maximum atomic E-state index is 12.4. The number of nitrogens with two attached hydrogens (primary N) is 1. The number of pyridine rings is 1. The number of carbonyl (C=O) groups is 1. The van der Waals surface area contributed by atoms with Gasteiger partial charge in [-0.1, -0.05) is 6.92 Å². The van der Waals surface area contributed by atoms with Gasteiger partial charge in [0, 0.05) is 25.5 Å². The molecule has 1 aromatic rings. The molecule has 1 saturated heterocycles. The van der Waals surface area contributed by atoms with Crippen molar-refractivity contribution in [1.82, 2.24) is 9.88 Å². The van der Waals surface area contributed by atoms with Crippen molar-refractivity contribution < 1.29 is 4.79 Å². The quantitative estimate of drug-likeness (QED) is 0.881. The summed E-state index contributed by atoms with van der Waals surface area (Å²) in [5.41, 5.74) is 6.86. The summed E-state index contributed by atoms with van der Waals surface area (Å²) in [6, 6.07) is 4.21. The molecule has 1 aromatic heterocycles. The average Bonchev–Trinajstić information content (AvgIpc) is 2.90. The number of carbonyl (C=O) groups excluding carboxylic acids is 1. The van der Waals surface area contributed by atoms with Gasteiger partial charge in [-0.25, -0.2) is 0 Å². The SMILES string of the molecule is CCC(CN)C(=O)N1CCCC1c1ccncc1. The molecule has 18 heavy (non-hydrogen) atoms. The van der Waals surface area contributed by atoms with Crippen molar-refractivity contribution in [2.75, 3.05) is 13.1 Å². The molecule has 0 aromatic carbocycles. The Kier molecular flexibility index (Phi) is 4.31. The fraction of sp³-hybridized carbons (Fsp3) is 0.571. The largest absolute Gasteiger partial charge is 0.335 e. The van der Waals surface area contributed by atoms with Crippen LogP contribution in [0.25, 0.3) is 0 Å². The van der Waals surface area contributed by atoms with E-state index in [0.717, 1.165) is 25.8 Å². The molecule has 0 radical (unpaired) electrons. The first-order valence-corrected chi connectivity index (χ1v) is 6.68. The van der Waals surface area contributed by atoms with Crippen molar-refractivity contribution in [2.24, 2.45) is 11.7 Å². The van der Waals surface area contributed by atoms with Crippen LogP contribution in [-0.2, 0) is 4.79 Å². The Morgan fingerprint density at radius 2 is 2.28 bits per heavy atom. The van der Waals surface area contributed by atoms with Crippen molar-refractivity contribution in [3.8, 4) is 0 Å². The average molecular weight is 247 g/mol. The second-order valence-corrected chi connectivity index (χ2v) is 4.81. The normalized spacial score (nSPS) is 21.0. The Morgan fingerprint density at radius 1 is 1.56 bits per heavy atom. The predicted molar refractivity (Wildman–Crippen MR) is 70.8 cm³/mol. The molecule has 1 aliphatic rings. The van der Waals surface area contributed by atoms with Crippen LogP contribution in [0.15, 0.2) is 24.5 Å². The first kappa shape index (κ1) is 13.0. The van der Waals surface area contributed by atoms with E-state index in [0.29, 0.717) is 6.54 Å². The highest BCUT2D eigenvalue weighted by molar-refractivity contribution is 5.79. The van der Waals surface area contributed by atoms with Crippen molar-refractivity contribution in [1.29, 1.82) is 0 Å². The Bertz CT molecular complexity index is 389. The summed E-state index contributed by atoms with van der Waals surface area (Å²) in [6.07, 6.45) is 6.50. The van der Waals surface area contributed by atoms with Crippen LogP contribution in [0.4, 0.5) is 0 Å².